The number of hydrogen-bond donors (Lipinski definition) is 3. The van der Waals surface area contributed by atoms with E-state index in [1.54, 1.807) is 6.20 Å². The van der Waals surface area contributed by atoms with Gasteiger partial charge in [-0.1, -0.05) is 30.3 Å². The number of nitrogens with one attached hydrogen (secondary N) is 2. The number of nitrogens with zero attached hydrogens (tertiary/aromatic N) is 1. The van der Waals surface area contributed by atoms with E-state index in [1.807, 2.05) is 30.3 Å². The largest absolute Gasteiger partial charge is 0.348 e. The zero-order chi connectivity index (χ0) is 12.8. The molecule has 1 amide bonds. The van der Waals surface area contributed by atoms with Crippen molar-refractivity contribution in [2.24, 2.45) is 5.73 Å². The number of amides is 1. The number of aromatic nitrogens is 2. The second-order valence-electron chi connectivity index (χ2n) is 4.08. The van der Waals surface area contributed by atoms with Gasteiger partial charge in [0.15, 0.2) is 0 Å². The lowest BCUT2D eigenvalue weighted by Crippen LogP contribution is -2.41. The Bertz CT molecular complexity index is 481. The third-order valence-electron chi connectivity index (χ3n) is 2.71. The number of H-pyrrole nitrogens is 1. The van der Waals surface area contributed by atoms with E-state index in [0.717, 1.165) is 12.0 Å². The highest BCUT2D eigenvalue weighted by molar-refractivity contribution is 5.93. The molecule has 4 N–H and O–H groups in total. The third-order valence-corrected chi connectivity index (χ3v) is 2.71. The number of benzene rings is 1. The van der Waals surface area contributed by atoms with Crippen molar-refractivity contribution in [3.8, 4) is 0 Å². The number of hydrogen-bond acceptors (Lipinski definition) is 3. The normalized spacial score (nSPS) is 12.1. The first-order valence-electron chi connectivity index (χ1n) is 5.83. The summed E-state index contributed by atoms with van der Waals surface area (Å²) in [6.45, 7) is 0.401. The highest BCUT2D eigenvalue weighted by Crippen LogP contribution is 2.03. The van der Waals surface area contributed by atoms with Crippen molar-refractivity contribution in [3.63, 3.8) is 0 Å². The molecular formula is C13H16N4O. The Morgan fingerprint density at radius 3 is 2.78 bits per heavy atom. The van der Waals surface area contributed by atoms with Crippen LogP contribution in [-0.2, 0) is 6.42 Å². The summed E-state index contributed by atoms with van der Waals surface area (Å²) in [7, 11) is 0. The van der Waals surface area contributed by atoms with Gasteiger partial charge in [0.1, 0.15) is 0 Å². The molecule has 2 rings (SSSR count). The average Bonchev–Trinajstić information content (AvgIpc) is 2.93. The van der Waals surface area contributed by atoms with Crippen molar-refractivity contribution in [1.82, 2.24) is 15.5 Å². The van der Waals surface area contributed by atoms with Gasteiger partial charge in [-0.25, -0.2) is 0 Å². The lowest BCUT2D eigenvalue weighted by atomic mass is 10.1. The molecule has 0 bridgehead atoms. The molecule has 0 aliphatic carbocycles. The van der Waals surface area contributed by atoms with Crippen LogP contribution >= 0.6 is 0 Å². The van der Waals surface area contributed by atoms with E-state index in [-0.39, 0.29) is 11.9 Å². The molecule has 2 aromatic rings. The summed E-state index contributed by atoms with van der Waals surface area (Å²) in [6, 6.07) is 9.88. The van der Waals surface area contributed by atoms with Crippen molar-refractivity contribution < 1.29 is 4.79 Å². The van der Waals surface area contributed by atoms with Crippen LogP contribution < -0.4 is 11.1 Å². The highest BCUT2D eigenvalue weighted by atomic mass is 16.1. The van der Waals surface area contributed by atoms with Crippen molar-refractivity contribution in [1.29, 1.82) is 0 Å². The lowest BCUT2D eigenvalue weighted by molar-refractivity contribution is 0.0938. The second kappa shape index (κ2) is 5.97. The number of carbonyl (C=O) groups excluding carboxylic acids is 1. The molecule has 1 unspecified atom stereocenters. The first kappa shape index (κ1) is 12.3. The van der Waals surface area contributed by atoms with E-state index in [9.17, 15) is 4.79 Å². The first-order valence-corrected chi connectivity index (χ1v) is 5.83. The smallest absolute Gasteiger partial charge is 0.254 e. The van der Waals surface area contributed by atoms with Crippen LogP contribution in [-0.4, -0.2) is 28.7 Å². The molecule has 1 heterocycles. The van der Waals surface area contributed by atoms with Crippen LogP contribution in [0.3, 0.4) is 0 Å². The third kappa shape index (κ3) is 3.18. The van der Waals surface area contributed by atoms with Gasteiger partial charge in [0.05, 0.1) is 11.8 Å². The summed E-state index contributed by atoms with van der Waals surface area (Å²) in [4.78, 5) is 11.8. The number of nitrogens with two attached hydrogens (primary N) is 1. The van der Waals surface area contributed by atoms with Crippen LogP contribution in [0.1, 0.15) is 15.9 Å². The predicted molar refractivity (Wildman–Crippen MR) is 69.0 cm³/mol. The maximum absolute atomic E-state index is 11.8. The molecule has 1 aromatic carbocycles. The van der Waals surface area contributed by atoms with E-state index in [0.29, 0.717) is 12.1 Å². The summed E-state index contributed by atoms with van der Waals surface area (Å²) < 4.78 is 0. The van der Waals surface area contributed by atoms with Crippen LogP contribution in [0.2, 0.25) is 0 Å². The fourth-order valence-electron chi connectivity index (χ4n) is 1.74. The van der Waals surface area contributed by atoms with Gasteiger partial charge >= 0.3 is 0 Å². The molecule has 1 aromatic heterocycles. The van der Waals surface area contributed by atoms with Gasteiger partial charge in [0, 0.05) is 18.8 Å². The van der Waals surface area contributed by atoms with Crippen molar-refractivity contribution in [2.75, 3.05) is 6.54 Å². The average molecular weight is 244 g/mol. The molecule has 0 saturated heterocycles. The number of aromatic amines is 1. The summed E-state index contributed by atoms with van der Waals surface area (Å²) >= 11 is 0. The summed E-state index contributed by atoms with van der Waals surface area (Å²) in [6.07, 6.45) is 3.78. The Hall–Kier alpha value is -2.14. The molecule has 0 aliphatic heterocycles. The van der Waals surface area contributed by atoms with Crippen LogP contribution in [0.4, 0.5) is 0 Å². The number of rotatable bonds is 5. The fourth-order valence-corrected chi connectivity index (χ4v) is 1.74. The standard InChI is InChI=1S/C13H16N4O/c14-7-12(6-10-4-2-1-3-5-10)17-13(18)11-8-15-16-9-11/h1-5,8-9,12H,6-7,14H2,(H,15,16)(H,17,18). The highest BCUT2D eigenvalue weighted by Gasteiger charge is 2.13. The SMILES string of the molecule is NCC(Cc1ccccc1)NC(=O)c1cn[nH]c1. The van der Waals surface area contributed by atoms with Crippen molar-refractivity contribution >= 4 is 5.91 Å². The molecule has 0 aliphatic rings. The second-order valence-corrected chi connectivity index (χ2v) is 4.08. The van der Waals surface area contributed by atoms with E-state index in [2.05, 4.69) is 15.5 Å². The molecule has 0 radical (unpaired) electrons. The molecule has 1 atom stereocenters. The molecular weight excluding hydrogens is 228 g/mol. The molecule has 0 fully saturated rings. The maximum Gasteiger partial charge on any atom is 0.254 e. The Morgan fingerprint density at radius 1 is 1.39 bits per heavy atom. The van der Waals surface area contributed by atoms with Crippen LogP contribution in [0.5, 0.6) is 0 Å². The van der Waals surface area contributed by atoms with Gasteiger partial charge in [-0.05, 0) is 12.0 Å². The summed E-state index contributed by atoms with van der Waals surface area (Å²) in [5.74, 6) is -0.157. The first-order chi connectivity index (χ1) is 8.79. The van der Waals surface area contributed by atoms with Crippen molar-refractivity contribution in [3.05, 3.63) is 53.9 Å². The quantitative estimate of drug-likeness (QED) is 0.724. The van der Waals surface area contributed by atoms with E-state index in [1.165, 1.54) is 6.20 Å². The minimum Gasteiger partial charge on any atom is -0.348 e. The Morgan fingerprint density at radius 2 is 2.17 bits per heavy atom. The molecule has 18 heavy (non-hydrogen) atoms. The molecule has 94 valence electrons. The Kier molecular flexibility index (Phi) is 4.09. The van der Waals surface area contributed by atoms with E-state index in [4.69, 9.17) is 5.73 Å². The van der Waals surface area contributed by atoms with Gasteiger partial charge in [-0.3, -0.25) is 9.89 Å². The van der Waals surface area contributed by atoms with Gasteiger partial charge in [0.25, 0.3) is 5.91 Å². The zero-order valence-electron chi connectivity index (χ0n) is 9.97. The summed E-state index contributed by atoms with van der Waals surface area (Å²) in [5.41, 5.74) is 7.35. The molecule has 5 nitrogen and oxygen atoms in total. The lowest BCUT2D eigenvalue weighted by Gasteiger charge is -2.16. The zero-order valence-corrected chi connectivity index (χ0v) is 9.97. The molecule has 0 spiro atoms. The minimum absolute atomic E-state index is 0.0743. The molecule has 0 saturated carbocycles. The minimum atomic E-state index is -0.157. The van der Waals surface area contributed by atoms with E-state index >= 15 is 0 Å². The fraction of sp³-hybridized carbons (Fsp3) is 0.231. The molecule has 5 heteroatoms. The summed E-state index contributed by atoms with van der Waals surface area (Å²) in [5, 5.41) is 9.25. The monoisotopic (exact) mass is 244 g/mol. The predicted octanol–water partition coefficient (Wildman–Crippen LogP) is 0.709. The maximum atomic E-state index is 11.8. The van der Waals surface area contributed by atoms with Crippen molar-refractivity contribution in [2.45, 2.75) is 12.5 Å². The number of carbonyl (C=O) groups is 1. The van der Waals surface area contributed by atoms with Gasteiger partial charge in [-0.15, -0.1) is 0 Å². The van der Waals surface area contributed by atoms with Crippen LogP contribution in [0.15, 0.2) is 42.7 Å². The Balaban J connectivity index is 1.96. The van der Waals surface area contributed by atoms with Crippen LogP contribution in [0, 0.1) is 0 Å². The van der Waals surface area contributed by atoms with E-state index < -0.39 is 0 Å². The topological polar surface area (TPSA) is 83.8 Å². The van der Waals surface area contributed by atoms with Gasteiger partial charge in [0.2, 0.25) is 0 Å². The Labute approximate surface area is 105 Å². The van der Waals surface area contributed by atoms with Crippen LogP contribution in [0.25, 0.3) is 0 Å². The van der Waals surface area contributed by atoms with Gasteiger partial charge < -0.3 is 11.1 Å². The van der Waals surface area contributed by atoms with Gasteiger partial charge in [-0.2, -0.15) is 5.10 Å².